The number of carbonyl (C=O) groups excluding carboxylic acids is 1. The summed E-state index contributed by atoms with van der Waals surface area (Å²) in [7, 11) is 0. The van der Waals surface area contributed by atoms with Crippen molar-refractivity contribution in [3.63, 3.8) is 0 Å². The summed E-state index contributed by atoms with van der Waals surface area (Å²) in [6.45, 7) is 0.201. The summed E-state index contributed by atoms with van der Waals surface area (Å²) in [5, 5.41) is 1.01. The lowest BCUT2D eigenvalue weighted by Gasteiger charge is -2.09. The fourth-order valence-electron chi connectivity index (χ4n) is 2.23. The summed E-state index contributed by atoms with van der Waals surface area (Å²) < 4.78 is 10.6. The number of hydrogen-bond donors (Lipinski definition) is 1. The van der Waals surface area contributed by atoms with Crippen LogP contribution in [0.2, 0.25) is 5.02 Å². The number of nitrogens with one attached hydrogen (secondary N) is 1. The maximum atomic E-state index is 12.0. The number of rotatable bonds is 5. The average molecular weight is 344 g/mol. The number of halogens is 1. The predicted octanol–water partition coefficient (Wildman–Crippen LogP) is 3.42. The minimum absolute atomic E-state index is 0.0406. The second-order valence-electron chi connectivity index (χ2n) is 5.01. The second kappa shape index (κ2) is 7.19. The first-order valence-electron chi connectivity index (χ1n) is 7.31. The number of H-pyrrole nitrogens is 1. The molecule has 1 aromatic heterocycles. The van der Waals surface area contributed by atoms with Crippen LogP contribution in [-0.2, 0) is 4.74 Å². The van der Waals surface area contributed by atoms with Gasteiger partial charge >= 0.3 is 5.97 Å². The summed E-state index contributed by atoms with van der Waals surface area (Å²) in [5.41, 5.74) is 0.462. The summed E-state index contributed by atoms with van der Waals surface area (Å²) in [5.74, 6) is -0.0880. The first kappa shape index (κ1) is 16.1. The maximum absolute atomic E-state index is 12.0. The Morgan fingerprint density at radius 3 is 2.62 bits per heavy atom. The van der Waals surface area contributed by atoms with Gasteiger partial charge in [-0.15, -0.1) is 0 Å². The van der Waals surface area contributed by atoms with Crippen molar-refractivity contribution >= 4 is 28.5 Å². The minimum atomic E-state index is -0.611. The molecule has 6 heteroatoms. The molecule has 0 aliphatic rings. The number of esters is 1. The van der Waals surface area contributed by atoms with Crippen LogP contribution in [0.15, 0.2) is 59.4 Å². The van der Waals surface area contributed by atoms with Gasteiger partial charge in [0.2, 0.25) is 0 Å². The van der Waals surface area contributed by atoms with Crippen LogP contribution in [0.25, 0.3) is 10.9 Å². The molecule has 0 unspecified atom stereocenters. The van der Waals surface area contributed by atoms with Crippen molar-refractivity contribution in [2.75, 3.05) is 13.2 Å². The Balaban J connectivity index is 1.61. The highest BCUT2D eigenvalue weighted by Gasteiger charge is 2.11. The normalized spacial score (nSPS) is 10.5. The van der Waals surface area contributed by atoms with Crippen molar-refractivity contribution in [2.45, 2.75) is 0 Å². The number of carbonyl (C=O) groups is 1. The molecule has 0 aliphatic carbocycles. The third-order valence-corrected chi connectivity index (χ3v) is 3.68. The SMILES string of the molecule is O=C(OCCOc1ccccc1Cl)c1cc(=O)c2ccccc2[nH]1. The van der Waals surface area contributed by atoms with E-state index in [1.165, 1.54) is 6.07 Å². The standard InChI is InChI=1S/C18H14ClNO4/c19-13-6-2-4-8-17(13)23-9-10-24-18(22)15-11-16(21)12-5-1-3-7-14(12)20-15/h1-8,11H,9-10H2,(H,20,21). The molecular weight excluding hydrogens is 330 g/mol. The summed E-state index contributed by atoms with van der Waals surface area (Å²) in [6, 6.07) is 15.2. The molecule has 3 aromatic rings. The molecule has 2 aromatic carbocycles. The molecule has 122 valence electrons. The number of benzene rings is 2. The van der Waals surface area contributed by atoms with Crippen LogP contribution in [0.4, 0.5) is 0 Å². The second-order valence-corrected chi connectivity index (χ2v) is 5.41. The Labute approximate surface area is 142 Å². The zero-order valence-electron chi connectivity index (χ0n) is 12.6. The summed E-state index contributed by atoms with van der Waals surface area (Å²) in [6.07, 6.45) is 0. The van der Waals surface area contributed by atoms with Gasteiger partial charge in [0.15, 0.2) is 5.43 Å². The molecule has 3 rings (SSSR count). The molecule has 1 N–H and O–H groups in total. The lowest BCUT2D eigenvalue weighted by Crippen LogP contribution is -2.16. The molecule has 0 spiro atoms. The molecule has 5 nitrogen and oxygen atoms in total. The van der Waals surface area contributed by atoms with Crippen molar-refractivity contribution in [3.8, 4) is 5.75 Å². The van der Waals surface area contributed by atoms with Crippen LogP contribution in [0.3, 0.4) is 0 Å². The molecule has 24 heavy (non-hydrogen) atoms. The van der Waals surface area contributed by atoms with Crippen molar-refractivity contribution in [3.05, 3.63) is 75.5 Å². The number of hydrogen-bond acceptors (Lipinski definition) is 4. The smallest absolute Gasteiger partial charge is 0.355 e. The summed E-state index contributed by atoms with van der Waals surface area (Å²) >= 11 is 5.96. The molecule has 1 heterocycles. The first-order chi connectivity index (χ1) is 11.6. The minimum Gasteiger partial charge on any atom is -0.488 e. The van der Waals surface area contributed by atoms with Gasteiger partial charge in [0, 0.05) is 17.0 Å². The van der Waals surface area contributed by atoms with E-state index in [4.69, 9.17) is 21.1 Å². The Hall–Kier alpha value is -2.79. The van der Waals surface area contributed by atoms with Gasteiger partial charge in [-0.2, -0.15) is 0 Å². The van der Waals surface area contributed by atoms with Gasteiger partial charge in [-0.05, 0) is 24.3 Å². The fourth-order valence-corrected chi connectivity index (χ4v) is 2.42. The van der Waals surface area contributed by atoms with Crippen LogP contribution in [-0.4, -0.2) is 24.2 Å². The van der Waals surface area contributed by atoms with E-state index in [1.54, 1.807) is 48.5 Å². The van der Waals surface area contributed by atoms with Gasteiger partial charge in [-0.3, -0.25) is 4.79 Å². The molecule has 0 radical (unpaired) electrons. The van der Waals surface area contributed by atoms with Gasteiger partial charge in [0.1, 0.15) is 24.7 Å². The van der Waals surface area contributed by atoms with E-state index in [0.717, 1.165) is 0 Å². The van der Waals surface area contributed by atoms with Gasteiger partial charge in [0.05, 0.1) is 5.02 Å². The van der Waals surface area contributed by atoms with Crippen LogP contribution in [0, 0.1) is 0 Å². The number of para-hydroxylation sites is 2. The highest BCUT2D eigenvalue weighted by atomic mass is 35.5. The molecule has 0 atom stereocenters. The zero-order valence-corrected chi connectivity index (χ0v) is 13.4. The van der Waals surface area contributed by atoms with Gasteiger partial charge in [-0.1, -0.05) is 35.9 Å². The van der Waals surface area contributed by atoms with E-state index in [9.17, 15) is 9.59 Å². The Morgan fingerprint density at radius 2 is 1.79 bits per heavy atom. The molecule has 0 fully saturated rings. The molecule has 0 amide bonds. The van der Waals surface area contributed by atoms with E-state index >= 15 is 0 Å². The summed E-state index contributed by atoms with van der Waals surface area (Å²) in [4.78, 5) is 26.9. The Kier molecular flexibility index (Phi) is 4.82. The van der Waals surface area contributed by atoms with Gasteiger partial charge in [0.25, 0.3) is 0 Å². The van der Waals surface area contributed by atoms with Crippen molar-refractivity contribution < 1.29 is 14.3 Å². The van der Waals surface area contributed by atoms with Crippen molar-refractivity contribution in [1.29, 1.82) is 0 Å². The number of fused-ring (bicyclic) bond motifs is 1. The average Bonchev–Trinajstić information content (AvgIpc) is 2.60. The van der Waals surface area contributed by atoms with Crippen molar-refractivity contribution in [1.82, 2.24) is 4.98 Å². The largest absolute Gasteiger partial charge is 0.488 e. The lowest BCUT2D eigenvalue weighted by molar-refractivity contribution is 0.0444. The van der Waals surface area contributed by atoms with Crippen LogP contribution < -0.4 is 10.2 Å². The number of ether oxygens (including phenoxy) is 2. The zero-order chi connectivity index (χ0) is 16.9. The molecule has 0 aliphatic heterocycles. The van der Waals surface area contributed by atoms with Crippen molar-refractivity contribution in [2.24, 2.45) is 0 Å². The monoisotopic (exact) mass is 343 g/mol. The number of aromatic nitrogens is 1. The van der Waals surface area contributed by atoms with Crippen LogP contribution in [0.1, 0.15) is 10.5 Å². The Bertz CT molecular complexity index is 935. The molecule has 0 saturated heterocycles. The molecule has 0 saturated carbocycles. The highest BCUT2D eigenvalue weighted by molar-refractivity contribution is 6.32. The van der Waals surface area contributed by atoms with Crippen LogP contribution in [0.5, 0.6) is 5.75 Å². The molecule has 0 bridgehead atoms. The maximum Gasteiger partial charge on any atom is 0.355 e. The topological polar surface area (TPSA) is 68.4 Å². The van der Waals surface area contributed by atoms with Gasteiger partial charge < -0.3 is 14.5 Å². The van der Waals surface area contributed by atoms with Gasteiger partial charge in [-0.25, -0.2) is 4.79 Å². The third kappa shape index (κ3) is 3.58. The fraction of sp³-hybridized carbons (Fsp3) is 0.111. The number of aromatic amines is 1. The lowest BCUT2D eigenvalue weighted by atomic mass is 10.2. The number of pyridine rings is 1. The van der Waals surface area contributed by atoms with E-state index < -0.39 is 5.97 Å². The first-order valence-corrected chi connectivity index (χ1v) is 7.69. The Morgan fingerprint density at radius 1 is 1.04 bits per heavy atom. The van der Waals surface area contributed by atoms with E-state index in [1.807, 2.05) is 0 Å². The predicted molar refractivity (Wildman–Crippen MR) is 91.8 cm³/mol. The third-order valence-electron chi connectivity index (χ3n) is 3.37. The quantitative estimate of drug-likeness (QED) is 0.569. The van der Waals surface area contributed by atoms with E-state index in [2.05, 4.69) is 4.98 Å². The highest BCUT2D eigenvalue weighted by Crippen LogP contribution is 2.22. The van der Waals surface area contributed by atoms with E-state index in [-0.39, 0.29) is 24.3 Å². The van der Waals surface area contributed by atoms with Crippen LogP contribution >= 0.6 is 11.6 Å². The van der Waals surface area contributed by atoms with E-state index in [0.29, 0.717) is 21.7 Å². The molecular formula is C18H14ClNO4.